The van der Waals surface area contributed by atoms with Crippen molar-refractivity contribution >= 4 is 11.6 Å². The van der Waals surface area contributed by atoms with Crippen LogP contribution in [0.2, 0.25) is 0 Å². The summed E-state index contributed by atoms with van der Waals surface area (Å²) in [5.74, 6) is 0.919. The molecule has 5 nitrogen and oxygen atoms in total. The van der Waals surface area contributed by atoms with E-state index in [0.717, 1.165) is 56.8 Å². The number of anilines is 1. The number of likely N-dealkylation sites (tertiary alicyclic amines) is 1. The van der Waals surface area contributed by atoms with Gasteiger partial charge in [0.15, 0.2) is 0 Å². The molecule has 24 heavy (non-hydrogen) atoms. The minimum atomic E-state index is -0.0385. The van der Waals surface area contributed by atoms with Crippen molar-refractivity contribution in [1.82, 2.24) is 4.90 Å². The smallest absolute Gasteiger partial charge is 0.244 e. The van der Waals surface area contributed by atoms with Gasteiger partial charge in [-0.1, -0.05) is 19.1 Å². The normalized spacial score (nSPS) is 24.4. The van der Waals surface area contributed by atoms with Crippen LogP contribution in [-0.2, 0) is 4.79 Å². The van der Waals surface area contributed by atoms with Crippen molar-refractivity contribution in [2.75, 3.05) is 38.3 Å². The van der Waals surface area contributed by atoms with Gasteiger partial charge in [-0.3, -0.25) is 9.69 Å². The molecule has 2 aliphatic rings. The third kappa shape index (κ3) is 3.03. The highest BCUT2D eigenvalue weighted by Crippen LogP contribution is 2.37. The molecule has 2 fully saturated rings. The van der Waals surface area contributed by atoms with Crippen LogP contribution in [0.1, 0.15) is 32.6 Å². The molecular formula is C19H28N2O3. The van der Waals surface area contributed by atoms with Crippen LogP contribution >= 0.6 is 0 Å². The lowest BCUT2D eigenvalue weighted by Gasteiger charge is -2.42. The Morgan fingerprint density at radius 3 is 2.58 bits per heavy atom. The maximum Gasteiger partial charge on any atom is 0.244 e. The van der Waals surface area contributed by atoms with E-state index in [1.165, 1.54) is 0 Å². The first kappa shape index (κ1) is 17.2. The minimum absolute atomic E-state index is 0.0385. The lowest BCUT2D eigenvalue weighted by molar-refractivity contribution is -0.122. The molecule has 0 spiro atoms. The average molecular weight is 332 g/mol. The number of para-hydroxylation sites is 2. The molecule has 1 amide bonds. The van der Waals surface area contributed by atoms with Gasteiger partial charge in [-0.25, -0.2) is 0 Å². The summed E-state index contributed by atoms with van der Waals surface area (Å²) in [7, 11) is 1.64. The number of hydrogen-bond donors (Lipinski definition) is 1. The van der Waals surface area contributed by atoms with Gasteiger partial charge in [0.05, 0.1) is 18.8 Å². The SMILES string of the molecule is CCC1(CO)CCN(C2CCN(c3ccccc3OC)C2=O)CC1. The summed E-state index contributed by atoms with van der Waals surface area (Å²) in [5.41, 5.74) is 0.920. The van der Waals surface area contributed by atoms with Crippen molar-refractivity contribution in [2.45, 2.75) is 38.6 Å². The first-order valence-electron chi connectivity index (χ1n) is 8.93. The van der Waals surface area contributed by atoms with Crippen molar-refractivity contribution in [3.63, 3.8) is 0 Å². The van der Waals surface area contributed by atoms with Gasteiger partial charge in [-0.15, -0.1) is 0 Å². The molecule has 132 valence electrons. The summed E-state index contributed by atoms with van der Waals surface area (Å²) in [6.07, 6.45) is 3.80. The van der Waals surface area contributed by atoms with E-state index in [9.17, 15) is 9.90 Å². The van der Waals surface area contributed by atoms with Gasteiger partial charge in [0.2, 0.25) is 5.91 Å². The molecule has 2 aliphatic heterocycles. The van der Waals surface area contributed by atoms with Gasteiger partial charge in [0.25, 0.3) is 0 Å². The molecule has 1 aromatic rings. The number of methoxy groups -OCH3 is 1. The topological polar surface area (TPSA) is 53.0 Å². The summed E-state index contributed by atoms with van der Waals surface area (Å²) in [5, 5.41) is 9.69. The molecule has 2 heterocycles. The number of carbonyl (C=O) groups is 1. The van der Waals surface area contributed by atoms with E-state index in [1.807, 2.05) is 29.2 Å². The van der Waals surface area contributed by atoms with Gasteiger partial charge >= 0.3 is 0 Å². The van der Waals surface area contributed by atoms with Crippen LogP contribution in [0.5, 0.6) is 5.75 Å². The third-order valence-corrected chi connectivity index (χ3v) is 5.94. The molecule has 0 bridgehead atoms. The Bertz CT molecular complexity index is 576. The van der Waals surface area contributed by atoms with E-state index < -0.39 is 0 Å². The fraction of sp³-hybridized carbons (Fsp3) is 0.632. The molecule has 0 aliphatic carbocycles. The van der Waals surface area contributed by atoms with E-state index in [1.54, 1.807) is 7.11 Å². The van der Waals surface area contributed by atoms with Crippen LogP contribution in [-0.4, -0.2) is 55.3 Å². The molecule has 1 aromatic carbocycles. The van der Waals surface area contributed by atoms with Gasteiger partial charge < -0.3 is 14.7 Å². The Morgan fingerprint density at radius 1 is 1.25 bits per heavy atom. The second-order valence-electron chi connectivity index (χ2n) is 7.01. The second-order valence-corrected chi connectivity index (χ2v) is 7.01. The lowest BCUT2D eigenvalue weighted by atomic mass is 9.76. The zero-order valence-electron chi connectivity index (χ0n) is 14.7. The minimum Gasteiger partial charge on any atom is -0.495 e. The average Bonchev–Trinajstić information content (AvgIpc) is 3.03. The van der Waals surface area contributed by atoms with Crippen molar-refractivity contribution in [3.8, 4) is 5.75 Å². The molecule has 3 rings (SSSR count). The maximum atomic E-state index is 13.0. The second kappa shape index (κ2) is 7.11. The lowest BCUT2D eigenvalue weighted by Crippen LogP contribution is -2.49. The molecule has 0 saturated carbocycles. The van der Waals surface area contributed by atoms with Crippen molar-refractivity contribution < 1.29 is 14.6 Å². The summed E-state index contributed by atoms with van der Waals surface area (Å²) >= 11 is 0. The Morgan fingerprint density at radius 2 is 1.96 bits per heavy atom. The summed E-state index contributed by atoms with van der Waals surface area (Å²) in [6, 6.07) is 7.67. The van der Waals surface area contributed by atoms with E-state index in [2.05, 4.69) is 11.8 Å². The number of benzene rings is 1. The molecule has 1 unspecified atom stereocenters. The van der Waals surface area contributed by atoms with Crippen molar-refractivity contribution in [1.29, 1.82) is 0 Å². The monoisotopic (exact) mass is 332 g/mol. The van der Waals surface area contributed by atoms with Crippen LogP contribution < -0.4 is 9.64 Å². The third-order valence-electron chi connectivity index (χ3n) is 5.94. The number of hydrogen-bond acceptors (Lipinski definition) is 4. The van der Waals surface area contributed by atoms with Gasteiger partial charge in [0.1, 0.15) is 5.75 Å². The van der Waals surface area contributed by atoms with Crippen LogP contribution in [0.15, 0.2) is 24.3 Å². The fourth-order valence-corrected chi connectivity index (χ4v) is 4.03. The van der Waals surface area contributed by atoms with E-state index >= 15 is 0 Å². The summed E-state index contributed by atoms with van der Waals surface area (Å²) in [4.78, 5) is 17.1. The number of ether oxygens (including phenoxy) is 1. The highest BCUT2D eigenvalue weighted by molar-refractivity contribution is 6.00. The van der Waals surface area contributed by atoms with Gasteiger partial charge in [-0.2, -0.15) is 0 Å². The van der Waals surface area contributed by atoms with Crippen LogP contribution in [0, 0.1) is 5.41 Å². The summed E-state index contributed by atoms with van der Waals surface area (Å²) in [6.45, 7) is 4.92. The highest BCUT2D eigenvalue weighted by atomic mass is 16.5. The number of aliphatic hydroxyl groups is 1. The Labute approximate surface area is 144 Å². The van der Waals surface area contributed by atoms with Crippen molar-refractivity contribution in [2.24, 2.45) is 5.41 Å². The predicted octanol–water partition coefficient (Wildman–Crippen LogP) is 2.29. The molecule has 0 aromatic heterocycles. The first-order valence-corrected chi connectivity index (χ1v) is 8.93. The Kier molecular flexibility index (Phi) is 5.11. The van der Waals surface area contributed by atoms with E-state index in [4.69, 9.17) is 4.74 Å². The number of carbonyl (C=O) groups excluding carboxylic acids is 1. The Hall–Kier alpha value is -1.59. The number of nitrogens with zero attached hydrogens (tertiary/aromatic N) is 2. The fourth-order valence-electron chi connectivity index (χ4n) is 4.03. The number of amides is 1. The number of rotatable bonds is 5. The molecule has 1 N–H and O–H groups in total. The summed E-state index contributed by atoms with van der Waals surface area (Å²) < 4.78 is 5.41. The van der Waals surface area contributed by atoms with Crippen LogP contribution in [0.25, 0.3) is 0 Å². The number of piperidine rings is 1. The zero-order chi connectivity index (χ0) is 17.2. The maximum absolute atomic E-state index is 13.0. The van der Waals surface area contributed by atoms with Crippen LogP contribution in [0.3, 0.4) is 0 Å². The zero-order valence-corrected chi connectivity index (χ0v) is 14.7. The highest BCUT2D eigenvalue weighted by Gasteiger charge is 2.41. The largest absolute Gasteiger partial charge is 0.495 e. The molecular weight excluding hydrogens is 304 g/mol. The van der Waals surface area contributed by atoms with E-state index in [0.29, 0.717) is 0 Å². The molecule has 2 saturated heterocycles. The molecule has 1 atom stereocenters. The van der Waals surface area contributed by atoms with Crippen LogP contribution in [0.4, 0.5) is 5.69 Å². The quantitative estimate of drug-likeness (QED) is 0.899. The predicted molar refractivity (Wildman–Crippen MR) is 94.4 cm³/mol. The molecule has 5 heteroatoms. The molecule has 0 radical (unpaired) electrons. The Balaban J connectivity index is 1.69. The van der Waals surface area contributed by atoms with Gasteiger partial charge in [0, 0.05) is 13.2 Å². The number of aliphatic hydroxyl groups excluding tert-OH is 1. The van der Waals surface area contributed by atoms with Crippen molar-refractivity contribution in [3.05, 3.63) is 24.3 Å². The van der Waals surface area contributed by atoms with E-state index in [-0.39, 0.29) is 24.0 Å². The van der Waals surface area contributed by atoms with Gasteiger partial charge in [-0.05, 0) is 56.3 Å². The standard InChI is InChI=1S/C19H28N2O3/c1-3-19(14-22)9-12-20(13-10-19)16-8-11-21(18(16)23)15-6-4-5-7-17(15)24-2/h4-7,16,22H,3,8-14H2,1-2H3. The first-order chi connectivity index (χ1) is 11.6.